The Balaban J connectivity index is 2.28. The van der Waals surface area contributed by atoms with Crippen LogP contribution in [-0.2, 0) is 4.74 Å². The third-order valence-corrected chi connectivity index (χ3v) is 2.70. The molecule has 1 unspecified atom stereocenters. The van der Waals surface area contributed by atoms with Gasteiger partial charge in [-0.3, -0.25) is 0 Å². The summed E-state index contributed by atoms with van der Waals surface area (Å²) in [5, 5.41) is 0. The van der Waals surface area contributed by atoms with Gasteiger partial charge in [0.1, 0.15) is 0 Å². The van der Waals surface area contributed by atoms with Gasteiger partial charge in [-0.05, 0) is 31.1 Å². The molecule has 1 heteroatoms. The van der Waals surface area contributed by atoms with Gasteiger partial charge in [0, 0.05) is 7.11 Å². The minimum atomic E-state index is 0.562. The molecule has 1 saturated carbocycles. The zero-order valence-electron chi connectivity index (χ0n) is 7.26. The lowest BCUT2D eigenvalue weighted by Crippen LogP contribution is -2.08. The first-order chi connectivity index (χ1) is 4.74. The predicted molar refractivity (Wildman–Crippen MR) is 43.0 cm³/mol. The Morgan fingerprint density at radius 2 is 2.00 bits per heavy atom. The molecule has 0 aromatic heterocycles. The summed E-state index contributed by atoms with van der Waals surface area (Å²) in [6.45, 7) is 4.62. The fraction of sp³-hybridized carbons (Fsp3) is 1.00. The number of methoxy groups -OCH3 is 1. The van der Waals surface area contributed by atoms with Crippen molar-refractivity contribution in [3.8, 4) is 0 Å². The maximum Gasteiger partial charge on any atom is 0.0574 e. The van der Waals surface area contributed by atoms with Crippen LogP contribution >= 0.6 is 0 Å². The molecule has 0 spiro atoms. The van der Waals surface area contributed by atoms with E-state index in [1.807, 2.05) is 7.11 Å². The van der Waals surface area contributed by atoms with Gasteiger partial charge in [0.2, 0.25) is 0 Å². The van der Waals surface area contributed by atoms with Crippen molar-refractivity contribution >= 4 is 0 Å². The Kier molecular flexibility index (Phi) is 2.72. The van der Waals surface area contributed by atoms with E-state index in [0.717, 1.165) is 11.8 Å². The molecular formula is C9H18O. The van der Waals surface area contributed by atoms with Gasteiger partial charge in [-0.25, -0.2) is 0 Å². The fourth-order valence-corrected chi connectivity index (χ4v) is 1.79. The van der Waals surface area contributed by atoms with E-state index in [-0.39, 0.29) is 0 Å². The van der Waals surface area contributed by atoms with Crippen LogP contribution in [0.4, 0.5) is 0 Å². The number of ether oxygens (including phenoxy) is 1. The molecule has 1 rings (SSSR count). The van der Waals surface area contributed by atoms with Gasteiger partial charge in [0.15, 0.2) is 0 Å². The highest BCUT2D eigenvalue weighted by Gasteiger charge is 2.26. The summed E-state index contributed by atoms with van der Waals surface area (Å²) in [6, 6.07) is 0. The molecule has 10 heavy (non-hydrogen) atoms. The van der Waals surface area contributed by atoms with E-state index >= 15 is 0 Å². The molecule has 0 heterocycles. The summed E-state index contributed by atoms with van der Waals surface area (Å²) in [7, 11) is 1.83. The number of rotatable bonds is 2. The van der Waals surface area contributed by atoms with Gasteiger partial charge < -0.3 is 4.74 Å². The van der Waals surface area contributed by atoms with E-state index in [1.54, 1.807) is 0 Å². The largest absolute Gasteiger partial charge is 0.381 e. The molecule has 0 saturated heterocycles. The third-order valence-electron chi connectivity index (χ3n) is 2.70. The van der Waals surface area contributed by atoms with E-state index in [9.17, 15) is 0 Å². The van der Waals surface area contributed by atoms with Crippen molar-refractivity contribution in [2.75, 3.05) is 7.11 Å². The fourth-order valence-electron chi connectivity index (χ4n) is 1.79. The average molecular weight is 142 g/mol. The Bertz CT molecular complexity index is 98.9. The molecule has 1 aliphatic rings. The van der Waals surface area contributed by atoms with Gasteiger partial charge in [0.25, 0.3) is 0 Å². The molecular weight excluding hydrogens is 124 g/mol. The lowest BCUT2D eigenvalue weighted by Gasteiger charge is -2.13. The highest BCUT2D eigenvalue weighted by Crippen LogP contribution is 2.32. The van der Waals surface area contributed by atoms with Crippen LogP contribution in [-0.4, -0.2) is 13.2 Å². The highest BCUT2D eigenvalue weighted by molar-refractivity contribution is 4.77. The maximum atomic E-state index is 5.29. The number of hydrogen-bond donors (Lipinski definition) is 0. The topological polar surface area (TPSA) is 9.23 Å². The first-order valence-corrected chi connectivity index (χ1v) is 4.26. The second-order valence-electron chi connectivity index (χ2n) is 3.67. The van der Waals surface area contributed by atoms with Gasteiger partial charge in [-0.1, -0.05) is 13.8 Å². The van der Waals surface area contributed by atoms with E-state index < -0.39 is 0 Å². The Hall–Kier alpha value is -0.0400. The molecule has 1 aliphatic carbocycles. The van der Waals surface area contributed by atoms with Crippen molar-refractivity contribution < 1.29 is 4.74 Å². The molecule has 2 atom stereocenters. The highest BCUT2D eigenvalue weighted by atomic mass is 16.5. The van der Waals surface area contributed by atoms with Gasteiger partial charge >= 0.3 is 0 Å². The summed E-state index contributed by atoms with van der Waals surface area (Å²) in [5.41, 5.74) is 0. The van der Waals surface area contributed by atoms with E-state index in [2.05, 4.69) is 13.8 Å². The maximum absolute atomic E-state index is 5.29. The Morgan fingerprint density at radius 3 is 2.30 bits per heavy atom. The summed E-state index contributed by atoms with van der Waals surface area (Å²) in [4.78, 5) is 0. The molecule has 0 N–H and O–H groups in total. The van der Waals surface area contributed by atoms with Crippen LogP contribution in [0.15, 0.2) is 0 Å². The second kappa shape index (κ2) is 3.38. The summed E-state index contributed by atoms with van der Waals surface area (Å²) >= 11 is 0. The molecule has 60 valence electrons. The number of hydrogen-bond acceptors (Lipinski definition) is 1. The molecule has 0 radical (unpaired) electrons. The van der Waals surface area contributed by atoms with Crippen molar-refractivity contribution in [1.82, 2.24) is 0 Å². The minimum absolute atomic E-state index is 0.562. The lowest BCUT2D eigenvalue weighted by molar-refractivity contribution is 0.103. The van der Waals surface area contributed by atoms with Gasteiger partial charge in [-0.2, -0.15) is 0 Å². The van der Waals surface area contributed by atoms with Crippen molar-refractivity contribution in [3.05, 3.63) is 0 Å². The molecule has 0 aliphatic heterocycles. The summed E-state index contributed by atoms with van der Waals surface area (Å²) < 4.78 is 5.29. The molecule has 1 nitrogen and oxygen atoms in total. The van der Waals surface area contributed by atoms with E-state index in [0.29, 0.717) is 6.10 Å². The molecule has 1 fully saturated rings. The van der Waals surface area contributed by atoms with Gasteiger partial charge in [0.05, 0.1) is 6.10 Å². The molecule has 0 bridgehead atoms. The van der Waals surface area contributed by atoms with E-state index in [4.69, 9.17) is 4.74 Å². The van der Waals surface area contributed by atoms with Crippen molar-refractivity contribution in [1.29, 1.82) is 0 Å². The predicted octanol–water partition coefficient (Wildman–Crippen LogP) is 2.46. The van der Waals surface area contributed by atoms with E-state index in [1.165, 1.54) is 19.3 Å². The standard InChI is InChI=1S/C9H18O/c1-7(2)8-4-5-9(6-8)10-3/h7-9H,4-6H2,1-3H3/t8-,9?/m0/s1. The van der Waals surface area contributed by atoms with Crippen LogP contribution in [0, 0.1) is 11.8 Å². The van der Waals surface area contributed by atoms with Crippen LogP contribution in [0.3, 0.4) is 0 Å². The molecule has 0 aromatic rings. The molecule has 0 amide bonds. The van der Waals surface area contributed by atoms with Gasteiger partial charge in [-0.15, -0.1) is 0 Å². The zero-order valence-corrected chi connectivity index (χ0v) is 7.26. The lowest BCUT2D eigenvalue weighted by atomic mass is 9.95. The Labute approximate surface area is 63.8 Å². The van der Waals surface area contributed by atoms with Crippen molar-refractivity contribution in [3.63, 3.8) is 0 Å². The zero-order chi connectivity index (χ0) is 7.56. The van der Waals surface area contributed by atoms with Crippen molar-refractivity contribution in [2.45, 2.75) is 39.2 Å². The van der Waals surface area contributed by atoms with Crippen LogP contribution in [0.1, 0.15) is 33.1 Å². The smallest absolute Gasteiger partial charge is 0.0574 e. The van der Waals surface area contributed by atoms with Crippen molar-refractivity contribution in [2.24, 2.45) is 11.8 Å². The monoisotopic (exact) mass is 142 g/mol. The van der Waals surface area contributed by atoms with Crippen LogP contribution in [0.2, 0.25) is 0 Å². The minimum Gasteiger partial charge on any atom is -0.381 e. The first kappa shape index (κ1) is 8.06. The molecule has 0 aromatic carbocycles. The normalized spacial score (nSPS) is 33.6. The van der Waals surface area contributed by atoms with Crippen LogP contribution in [0.5, 0.6) is 0 Å². The average Bonchev–Trinajstić information content (AvgIpc) is 2.34. The first-order valence-electron chi connectivity index (χ1n) is 4.26. The summed E-state index contributed by atoms with van der Waals surface area (Å²) in [6.07, 6.45) is 4.50. The third kappa shape index (κ3) is 1.72. The van der Waals surface area contributed by atoms with Crippen LogP contribution < -0.4 is 0 Å². The van der Waals surface area contributed by atoms with Crippen LogP contribution in [0.25, 0.3) is 0 Å². The SMILES string of the molecule is COC1CC[C@H](C(C)C)C1. The quantitative estimate of drug-likeness (QED) is 0.575. The Morgan fingerprint density at radius 1 is 1.30 bits per heavy atom. The second-order valence-corrected chi connectivity index (χ2v) is 3.67. The summed E-state index contributed by atoms with van der Waals surface area (Å²) in [5.74, 6) is 1.77.